The summed E-state index contributed by atoms with van der Waals surface area (Å²) in [5.74, 6) is -0.684. The van der Waals surface area contributed by atoms with Gasteiger partial charge in [-0.05, 0) is 37.3 Å². The van der Waals surface area contributed by atoms with Crippen LogP contribution in [0.15, 0.2) is 47.4 Å². The van der Waals surface area contributed by atoms with E-state index in [1.807, 2.05) is 4.72 Å². The number of hydrogen-bond donors (Lipinski definition) is 1. The first-order chi connectivity index (χ1) is 12.3. The predicted octanol–water partition coefficient (Wildman–Crippen LogP) is 4.76. The van der Waals surface area contributed by atoms with Gasteiger partial charge in [-0.1, -0.05) is 17.7 Å². The quantitative estimate of drug-likeness (QED) is 0.720. The fourth-order valence-electron chi connectivity index (χ4n) is 1.99. The van der Waals surface area contributed by atoms with Gasteiger partial charge in [0.05, 0.1) is 16.1 Å². The molecule has 11 heteroatoms. The lowest BCUT2D eigenvalue weighted by atomic mass is 10.2. The molecule has 0 aromatic heterocycles. The fraction of sp³-hybridized carbons (Fsp3) is 0.250. The van der Waals surface area contributed by atoms with Gasteiger partial charge in [-0.15, -0.1) is 0 Å². The van der Waals surface area contributed by atoms with Crippen molar-refractivity contribution >= 4 is 15.7 Å². The summed E-state index contributed by atoms with van der Waals surface area (Å²) in [6.07, 6.45) is -9.58. The Morgan fingerprint density at radius 2 is 1.56 bits per heavy atom. The van der Waals surface area contributed by atoms with Crippen molar-refractivity contribution in [3.63, 3.8) is 0 Å². The van der Waals surface area contributed by atoms with Crippen molar-refractivity contribution in [2.24, 2.45) is 0 Å². The monoisotopic (exact) mass is 413 g/mol. The van der Waals surface area contributed by atoms with Crippen molar-refractivity contribution in [1.29, 1.82) is 0 Å². The average molecular weight is 413 g/mol. The van der Waals surface area contributed by atoms with E-state index >= 15 is 0 Å². The van der Waals surface area contributed by atoms with Crippen LogP contribution >= 0.6 is 0 Å². The molecule has 0 radical (unpaired) electrons. The second kappa shape index (κ2) is 7.29. The molecule has 0 heterocycles. The summed E-state index contributed by atoms with van der Waals surface area (Å²) in [6.45, 7) is -0.0999. The summed E-state index contributed by atoms with van der Waals surface area (Å²) < 4.78 is 107. The molecular formula is C16H13F6NO3S. The highest BCUT2D eigenvalue weighted by molar-refractivity contribution is 7.92. The van der Waals surface area contributed by atoms with Crippen LogP contribution in [0, 0.1) is 6.92 Å². The summed E-state index contributed by atoms with van der Waals surface area (Å²) in [6, 6.07) is 6.83. The van der Waals surface area contributed by atoms with Gasteiger partial charge in [-0.3, -0.25) is 4.72 Å². The van der Waals surface area contributed by atoms with Crippen LogP contribution in [0.1, 0.15) is 11.1 Å². The molecule has 0 aliphatic heterocycles. The van der Waals surface area contributed by atoms with Gasteiger partial charge in [0.15, 0.2) is 6.61 Å². The van der Waals surface area contributed by atoms with E-state index in [1.54, 1.807) is 6.92 Å². The van der Waals surface area contributed by atoms with E-state index in [1.165, 1.54) is 24.3 Å². The third-order valence-electron chi connectivity index (χ3n) is 3.27. The van der Waals surface area contributed by atoms with E-state index in [0.717, 1.165) is 5.56 Å². The molecule has 27 heavy (non-hydrogen) atoms. The van der Waals surface area contributed by atoms with E-state index in [-0.39, 0.29) is 4.90 Å². The van der Waals surface area contributed by atoms with Gasteiger partial charge in [0.2, 0.25) is 0 Å². The van der Waals surface area contributed by atoms with Crippen LogP contribution in [-0.2, 0) is 16.2 Å². The van der Waals surface area contributed by atoms with Crippen molar-refractivity contribution in [3.8, 4) is 5.75 Å². The molecule has 148 valence electrons. The lowest BCUT2D eigenvalue weighted by Crippen LogP contribution is -2.21. The SMILES string of the molecule is Cc1ccc(S(=O)(=O)Nc2cc(C(F)(F)F)ccc2OCC(F)(F)F)cc1. The maximum atomic E-state index is 12.9. The molecule has 0 aliphatic rings. The molecule has 0 bridgehead atoms. The van der Waals surface area contributed by atoms with Crippen molar-refractivity contribution in [3.05, 3.63) is 53.6 Å². The number of rotatable bonds is 5. The van der Waals surface area contributed by atoms with Crippen LogP contribution < -0.4 is 9.46 Å². The second-order valence-electron chi connectivity index (χ2n) is 5.53. The Hall–Kier alpha value is -2.43. The number of ether oxygens (including phenoxy) is 1. The molecule has 2 aromatic rings. The third-order valence-corrected chi connectivity index (χ3v) is 4.66. The summed E-state index contributed by atoms with van der Waals surface area (Å²) in [5.41, 5.74) is -1.26. The van der Waals surface area contributed by atoms with Crippen LogP contribution in [0.25, 0.3) is 0 Å². The molecule has 0 atom stereocenters. The molecule has 2 aromatic carbocycles. The van der Waals surface area contributed by atoms with Gasteiger partial charge in [-0.2, -0.15) is 26.3 Å². The summed E-state index contributed by atoms with van der Waals surface area (Å²) in [4.78, 5) is -0.271. The van der Waals surface area contributed by atoms with Crippen molar-refractivity contribution in [2.75, 3.05) is 11.3 Å². The standard InChI is InChI=1S/C16H13F6NO3S/c1-10-2-5-12(6-3-10)27(24,25)23-13-8-11(16(20,21)22)4-7-14(13)26-9-15(17,18)19/h2-8,23H,9H2,1H3. The number of aryl methyl sites for hydroxylation is 1. The molecule has 0 unspecified atom stereocenters. The first-order valence-electron chi connectivity index (χ1n) is 7.28. The molecule has 0 saturated carbocycles. The number of nitrogens with one attached hydrogen (secondary N) is 1. The molecule has 0 saturated heterocycles. The molecule has 0 aliphatic carbocycles. The molecule has 4 nitrogen and oxygen atoms in total. The first kappa shape index (κ1) is 20.9. The van der Waals surface area contributed by atoms with E-state index < -0.39 is 46.0 Å². The second-order valence-corrected chi connectivity index (χ2v) is 7.21. The van der Waals surface area contributed by atoms with E-state index in [2.05, 4.69) is 4.74 Å². The third kappa shape index (κ3) is 5.78. The molecule has 0 spiro atoms. The number of sulfonamides is 1. The fourth-order valence-corrected chi connectivity index (χ4v) is 3.05. The van der Waals surface area contributed by atoms with E-state index in [4.69, 9.17) is 0 Å². The number of alkyl halides is 6. The van der Waals surface area contributed by atoms with Crippen LogP contribution in [0.4, 0.5) is 32.0 Å². The number of benzene rings is 2. The lowest BCUT2D eigenvalue weighted by Gasteiger charge is -2.17. The predicted molar refractivity (Wildman–Crippen MR) is 85.0 cm³/mol. The van der Waals surface area contributed by atoms with Crippen LogP contribution in [0.5, 0.6) is 5.75 Å². The summed E-state index contributed by atoms with van der Waals surface area (Å²) in [5, 5.41) is 0. The minimum atomic E-state index is -4.83. The number of halogens is 6. The molecule has 0 amide bonds. The van der Waals surface area contributed by atoms with Crippen LogP contribution in [0.3, 0.4) is 0 Å². The van der Waals surface area contributed by atoms with Gasteiger partial charge in [0.1, 0.15) is 5.75 Å². The van der Waals surface area contributed by atoms with Crippen molar-refractivity contribution in [1.82, 2.24) is 0 Å². The molecule has 2 rings (SSSR count). The normalized spacial score (nSPS) is 12.7. The lowest BCUT2D eigenvalue weighted by molar-refractivity contribution is -0.153. The Labute approximate surface area is 150 Å². The van der Waals surface area contributed by atoms with Gasteiger partial charge in [0, 0.05) is 0 Å². The Bertz CT molecular complexity index is 905. The first-order valence-corrected chi connectivity index (χ1v) is 8.76. The number of hydrogen-bond acceptors (Lipinski definition) is 3. The Balaban J connectivity index is 2.43. The molecular weight excluding hydrogens is 400 g/mol. The minimum Gasteiger partial charge on any atom is -0.482 e. The Morgan fingerprint density at radius 3 is 2.07 bits per heavy atom. The summed E-state index contributed by atoms with van der Waals surface area (Å²) in [7, 11) is -4.35. The highest BCUT2D eigenvalue weighted by Crippen LogP contribution is 2.36. The molecule has 1 N–H and O–H groups in total. The Morgan fingerprint density at radius 1 is 0.963 bits per heavy atom. The van der Waals surface area contributed by atoms with E-state index in [0.29, 0.717) is 18.2 Å². The average Bonchev–Trinajstić information content (AvgIpc) is 2.52. The zero-order valence-corrected chi connectivity index (χ0v) is 14.5. The van der Waals surface area contributed by atoms with Gasteiger partial charge < -0.3 is 4.74 Å². The van der Waals surface area contributed by atoms with Gasteiger partial charge in [-0.25, -0.2) is 8.42 Å². The zero-order valence-electron chi connectivity index (χ0n) is 13.6. The molecule has 0 fully saturated rings. The van der Waals surface area contributed by atoms with Crippen molar-refractivity contribution < 1.29 is 39.5 Å². The minimum absolute atomic E-state index is 0.271. The van der Waals surface area contributed by atoms with Gasteiger partial charge >= 0.3 is 12.4 Å². The smallest absolute Gasteiger partial charge is 0.422 e. The van der Waals surface area contributed by atoms with E-state index in [9.17, 15) is 34.8 Å². The number of anilines is 1. The topological polar surface area (TPSA) is 55.4 Å². The highest BCUT2D eigenvalue weighted by Gasteiger charge is 2.33. The zero-order chi connectivity index (χ0) is 20.5. The summed E-state index contributed by atoms with van der Waals surface area (Å²) >= 11 is 0. The Kier molecular flexibility index (Phi) is 5.64. The largest absolute Gasteiger partial charge is 0.482 e. The van der Waals surface area contributed by atoms with Crippen LogP contribution in [-0.4, -0.2) is 21.2 Å². The van der Waals surface area contributed by atoms with Crippen LogP contribution in [0.2, 0.25) is 0 Å². The highest BCUT2D eigenvalue weighted by atomic mass is 32.2. The van der Waals surface area contributed by atoms with Gasteiger partial charge in [0.25, 0.3) is 10.0 Å². The maximum absolute atomic E-state index is 12.9. The van der Waals surface area contributed by atoms with Crippen molar-refractivity contribution in [2.45, 2.75) is 24.2 Å². The maximum Gasteiger partial charge on any atom is 0.422 e.